The molecule has 0 unspecified atom stereocenters. The number of ketones is 2. The molecule has 0 radical (unpaired) electrons. The predicted octanol–water partition coefficient (Wildman–Crippen LogP) is 3.24. The van der Waals surface area contributed by atoms with Crippen molar-refractivity contribution in [3.8, 4) is 17.2 Å². The fourth-order valence-corrected chi connectivity index (χ4v) is 7.84. The molecule has 3 heterocycles. The number of methoxy groups -OCH3 is 2. The zero-order chi connectivity index (χ0) is 35.9. The molecule has 258 valence electrons. The maximum Gasteiger partial charge on any atom is 0.347 e. The first-order chi connectivity index (χ1) is 24.5. The number of phenols is 1. The Kier molecular flexibility index (Phi) is 7.33. The van der Waals surface area contributed by atoms with Crippen molar-refractivity contribution in [3.05, 3.63) is 126 Å². The molecule has 0 bridgehead atoms. The summed E-state index contributed by atoms with van der Waals surface area (Å²) in [6, 6.07) is 13.4. The molecule has 3 aliphatic rings. The van der Waals surface area contributed by atoms with Crippen molar-refractivity contribution in [2.75, 3.05) is 14.2 Å². The SMILES string of the molecule is COc1cc2nc(CCn3c(=O)n4n(c3=O)[C@@H]3CC5=C(C(=O)C=C(C)C5=O)[C@@H](c5ccc6ccccc6c5O)C3=CC4)c(=O)n(C)c2cc1OC. The largest absolute Gasteiger partial charge is 0.507 e. The molecule has 2 aliphatic carbocycles. The fraction of sp³-hybridized carbons (Fsp3) is 0.263. The molecule has 13 nitrogen and oxygen atoms in total. The van der Waals surface area contributed by atoms with Crippen molar-refractivity contribution in [2.45, 2.75) is 44.8 Å². The van der Waals surface area contributed by atoms with Crippen LogP contribution in [0.3, 0.4) is 0 Å². The van der Waals surface area contributed by atoms with Gasteiger partial charge in [0.15, 0.2) is 23.1 Å². The molecule has 1 aliphatic heterocycles. The van der Waals surface area contributed by atoms with Crippen molar-refractivity contribution < 1.29 is 24.2 Å². The molecule has 3 aromatic carbocycles. The van der Waals surface area contributed by atoms with Gasteiger partial charge in [-0.05, 0) is 24.0 Å². The van der Waals surface area contributed by atoms with Gasteiger partial charge in [0.2, 0.25) is 0 Å². The second-order valence-electron chi connectivity index (χ2n) is 13.0. The van der Waals surface area contributed by atoms with E-state index in [9.17, 15) is 29.1 Å². The highest BCUT2D eigenvalue weighted by atomic mass is 16.5. The number of aryl methyl sites for hydroxylation is 2. The van der Waals surface area contributed by atoms with Gasteiger partial charge >= 0.3 is 11.4 Å². The Morgan fingerprint density at radius 3 is 2.47 bits per heavy atom. The fourth-order valence-electron chi connectivity index (χ4n) is 7.84. The number of allylic oxidation sites excluding steroid dienone is 6. The number of benzene rings is 3. The van der Waals surface area contributed by atoms with Crippen LogP contribution in [-0.2, 0) is 36.1 Å². The third kappa shape index (κ3) is 4.68. The Balaban J connectivity index is 1.21. The molecule has 1 N–H and O–H groups in total. The molecule has 0 saturated carbocycles. The number of carbonyl (C=O) groups is 2. The first-order valence-corrected chi connectivity index (χ1v) is 16.5. The third-order valence-corrected chi connectivity index (χ3v) is 10.4. The highest BCUT2D eigenvalue weighted by Crippen LogP contribution is 2.52. The van der Waals surface area contributed by atoms with Crippen molar-refractivity contribution in [1.82, 2.24) is 23.5 Å². The average Bonchev–Trinajstić information content (AvgIpc) is 3.38. The molecule has 0 saturated heterocycles. The Bertz CT molecular complexity index is 2670. The van der Waals surface area contributed by atoms with Crippen molar-refractivity contribution in [2.24, 2.45) is 7.05 Å². The number of carbonyl (C=O) groups excluding carboxylic acids is 2. The summed E-state index contributed by atoms with van der Waals surface area (Å²) in [4.78, 5) is 73.2. The topological polar surface area (TPSA) is 157 Å². The number of phenolic OH excluding ortho intramolecular Hbond substituents is 1. The van der Waals surface area contributed by atoms with Crippen LogP contribution in [0.15, 0.2) is 97.4 Å². The number of nitrogens with zero attached hydrogens (tertiary/aromatic N) is 5. The smallest absolute Gasteiger partial charge is 0.347 e. The monoisotopic (exact) mass is 687 g/mol. The van der Waals surface area contributed by atoms with Crippen LogP contribution in [0.4, 0.5) is 0 Å². The first kappa shape index (κ1) is 32.0. The Morgan fingerprint density at radius 2 is 1.71 bits per heavy atom. The van der Waals surface area contributed by atoms with Gasteiger partial charge < -0.3 is 19.1 Å². The molecule has 2 aromatic heterocycles. The minimum atomic E-state index is -0.830. The highest BCUT2D eigenvalue weighted by molar-refractivity contribution is 6.23. The molecule has 8 rings (SSSR count). The van der Waals surface area contributed by atoms with Crippen LogP contribution < -0.4 is 26.4 Å². The van der Waals surface area contributed by atoms with E-state index in [0.717, 1.165) is 9.95 Å². The summed E-state index contributed by atoms with van der Waals surface area (Å²) in [5.41, 5.74) is 1.47. The van der Waals surface area contributed by atoms with Crippen LogP contribution in [-0.4, -0.2) is 54.4 Å². The summed E-state index contributed by atoms with van der Waals surface area (Å²) in [6.45, 7) is 1.47. The number of ether oxygens (including phenoxy) is 2. The van der Waals surface area contributed by atoms with E-state index in [-0.39, 0.29) is 71.2 Å². The molecule has 51 heavy (non-hydrogen) atoms. The Labute approximate surface area is 289 Å². The number of Topliss-reactive ketones (excluding diaryl/α,β-unsaturated/α-hetero) is 1. The first-order valence-electron chi connectivity index (χ1n) is 16.5. The number of aromatic nitrogens is 5. The van der Waals surface area contributed by atoms with Crippen LogP contribution in [0.2, 0.25) is 0 Å². The van der Waals surface area contributed by atoms with Gasteiger partial charge in [0.05, 0.1) is 37.8 Å². The third-order valence-electron chi connectivity index (χ3n) is 10.4. The lowest BCUT2D eigenvalue weighted by Gasteiger charge is -2.39. The molecular formula is C38H33N5O8. The maximum absolute atomic E-state index is 14.2. The van der Waals surface area contributed by atoms with Gasteiger partial charge in [0.25, 0.3) is 5.56 Å². The summed E-state index contributed by atoms with van der Waals surface area (Å²) < 4.78 is 16.0. The Morgan fingerprint density at radius 1 is 0.961 bits per heavy atom. The zero-order valence-electron chi connectivity index (χ0n) is 28.3. The molecule has 5 aromatic rings. The number of hydrogen-bond acceptors (Lipinski definition) is 9. The van der Waals surface area contributed by atoms with E-state index >= 15 is 0 Å². The zero-order valence-corrected chi connectivity index (χ0v) is 28.3. The van der Waals surface area contributed by atoms with E-state index in [4.69, 9.17) is 9.47 Å². The minimum absolute atomic E-state index is 0.0130. The number of rotatable bonds is 6. The molecule has 2 atom stereocenters. The average molecular weight is 688 g/mol. The lowest BCUT2D eigenvalue weighted by Crippen LogP contribution is -2.40. The molecular weight excluding hydrogens is 654 g/mol. The van der Waals surface area contributed by atoms with E-state index < -0.39 is 23.3 Å². The summed E-state index contributed by atoms with van der Waals surface area (Å²) in [6.07, 6.45) is 3.14. The van der Waals surface area contributed by atoms with Crippen LogP contribution >= 0.6 is 0 Å². The minimum Gasteiger partial charge on any atom is -0.507 e. The van der Waals surface area contributed by atoms with Crippen LogP contribution in [0, 0.1) is 0 Å². The van der Waals surface area contributed by atoms with Gasteiger partial charge in [-0.15, -0.1) is 0 Å². The van der Waals surface area contributed by atoms with Crippen LogP contribution in [0.5, 0.6) is 17.2 Å². The predicted molar refractivity (Wildman–Crippen MR) is 188 cm³/mol. The van der Waals surface area contributed by atoms with Gasteiger partial charge in [-0.25, -0.2) is 28.5 Å². The molecule has 13 heteroatoms. The van der Waals surface area contributed by atoms with Crippen molar-refractivity contribution in [1.29, 1.82) is 0 Å². The van der Waals surface area contributed by atoms with Crippen LogP contribution in [0.25, 0.3) is 21.8 Å². The van der Waals surface area contributed by atoms with Gasteiger partial charge in [-0.2, -0.15) is 0 Å². The summed E-state index contributed by atoms with van der Waals surface area (Å²) in [7, 11) is 4.60. The van der Waals surface area contributed by atoms with Crippen molar-refractivity contribution in [3.63, 3.8) is 0 Å². The second kappa shape index (κ2) is 11.7. The summed E-state index contributed by atoms with van der Waals surface area (Å²) >= 11 is 0. The van der Waals surface area contributed by atoms with E-state index in [1.807, 2.05) is 24.3 Å². The number of aromatic hydroxyl groups is 1. The Hall–Kier alpha value is -6.24. The van der Waals surface area contributed by atoms with E-state index in [1.165, 1.54) is 34.2 Å². The van der Waals surface area contributed by atoms with E-state index in [2.05, 4.69) is 4.98 Å². The van der Waals surface area contributed by atoms with Gasteiger partial charge in [-0.3, -0.25) is 14.4 Å². The lowest BCUT2D eigenvalue weighted by molar-refractivity contribution is -0.116. The molecule has 0 amide bonds. The normalized spacial score (nSPS) is 18.4. The maximum atomic E-state index is 14.2. The second-order valence-corrected chi connectivity index (χ2v) is 13.0. The molecule has 0 spiro atoms. The highest BCUT2D eigenvalue weighted by Gasteiger charge is 2.45. The lowest BCUT2D eigenvalue weighted by atomic mass is 9.67. The number of hydrogen-bond donors (Lipinski definition) is 1. The van der Waals surface area contributed by atoms with E-state index in [1.54, 1.807) is 44.3 Å². The molecule has 0 fully saturated rings. The number of fused-ring (bicyclic) bond motifs is 5. The van der Waals surface area contributed by atoms with Gasteiger partial charge in [0.1, 0.15) is 11.4 Å². The summed E-state index contributed by atoms with van der Waals surface area (Å²) in [5.74, 6) is -0.614. The van der Waals surface area contributed by atoms with Gasteiger partial charge in [0, 0.05) is 72.2 Å². The summed E-state index contributed by atoms with van der Waals surface area (Å²) in [5, 5.41) is 13.0. The van der Waals surface area contributed by atoms with E-state index in [0.29, 0.717) is 39.1 Å². The van der Waals surface area contributed by atoms with Crippen molar-refractivity contribution >= 4 is 33.4 Å². The van der Waals surface area contributed by atoms with Crippen LogP contribution in [0.1, 0.15) is 36.6 Å². The standard InChI is InChI=1S/C38H33N5O8/c1-19-15-29(44)33-24(34(19)45)16-27-22(32(33)23-10-9-20-7-5-6-8-21(20)35(23)46)11-14-42-37(48)41(38(49)43(27)42)13-12-25-36(47)40(2)28-18-31(51-4)30(50-3)17-26(28)39-25/h5-11,15,17-18,27,32,46H,12-14,16H2,1-4H3/t27-,32-/m1/s1. The quantitative estimate of drug-likeness (QED) is 0.209. The van der Waals surface area contributed by atoms with Gasteiger partial charge in [-0.1, -0.05) is 42.5 Å².